The lowest BCUT2D eigenvalue weighted by Gasteiger charge is -2.45. The number of ether oxygens (including phenoxy) is 1. The predicted molar refractivity (Wildman–Crippen MR) is 111 cm³/mol. The molecule has 0 aromatic heterocycles. The van der Waals surface area contributed by atoms with Gasteiger partial charge >= 0.3 is 0 Å². The monoisotopic (exact) mass is 389 g/mol. The van der Waals surface area contributed by atoms with E-state index < -0.39 is 0 Å². The second-order valence-electron chi connectivity index (χ2n) is 9.46. The number of hydrogen-bond acceptors (Lipinski definition) is 6. The Morgan fingerprint density at radius 3 is 2.79 bits per heavy atom. The molecule has 0 aromatic rings. The summed E-state index contributed by atoms with van der Waals surface area (Å²) < 4.78 is 5.57. The number of nitrogens with zero attached hydrogens (tertiary/aromatic N) is 4. The van der Waals surface area contributed by atoms with Crippen LogP contribution in [0, 0.1) is 17.8 Å². The molecule has 0 aliphatic carbocycles. The lowest BCUT2D eigenvalue weighted by molar-refractivity contribution is -0.135. The zero-order chi connectivity index (χ0) is 20.1. The van der Waals surface area contributed by atoms with E-state index in [4.69, 9.17) is 4.74 Å². The molecule has 7 atom stereocenters. The number of nitrogens with one attached hydrogen (secondary N) is 1. The highest BCUT2D eigenvalue weighted by atomic mass is 16.5. The normalized spacial score (nSPS) is 42.3. The van der Waals surface area contributed by atoms with E-state index in [0.29, 0.717) is 17.9 Å². The molecule has 0 aromatic carbocycles. The molecule has 7 unspecified atom stereocenters. The molecule has 0 saturated carbocycles. The number of piperidine rings is 1. The molecule has 0 bridgehead atoms. The van der Waals surface area contributed by atoms with E-state index in [2.05, 4.69) is 54.2 Å². The van der Waals surface area contributed by atoms with Crippen LogP contribution in [-0.4, -0.2) is 84.8 Å². The average Bonchev–Trinajstić information content (AvgIpc) is 3.22. The van der Waals surface area contributed by atoms with Crippen LogP contribution in [0.25, 0.3) is 0 Å². The summed E-state index contributed by atoms with van der Waals surface area (Å²) in [5, 5.41) is 10.4. The molecular weight excluding hydrogens is 354 g/mol. The second kappa shape index (κ2) is 7.41. The summed E-state index contributed by atoms with van der Waals surface area (Å²) >= 11 is 0. The maximum atomic E-state index is 13.5. The molecule has 2 saturated heterocycles. The van der Waals surface area contributed by atoms with Gasteiger partial charge in [0.15, 0.2) is 0 Å². The lowest BCUT2D eigenvalue weighted by Crippen LogP contribution is -2.61. The van der Waals surface area contributed by atoms with Crippen molar-refractivity contribution in [3.05, 3.63) is 0 Å². The number of carbonyl (C=O) groups excluding carboxylic acids is 1. The third kappa shape index (κ3) is 3.16. The van der Waals surface area contributed by atoms with E-state index in [1.807, 2.05) is 11.2 Å². The van der Waals surface area contributed by atoms with Gasteiger partial charge in [0.2, 0.25) is 5.91 Å². The molecule has 7 nitrogen and oxygen atoms in total. The summed E-state index contributed by atoms with van der Waals surface area (Å²) in [4.78, 5) is 20.2. The van der Waals surface area contributed by atoms with Crippen molar-refractivity contribution in [3.63, 3.8) is 0 Å². The van der Waals surface area contributed by atoms with Crippen LogP contribution in [0.15, 0.2) is 10.1 Å². The Balaban J connectivity index is 1.55. The van der Waals surface area contributed by atoms with Crippen molar-refractivity contribution in [1.29, 1.82) is 0 Å². The van der Waals surface area contributed by atoms with Gasteiger partial charge in [-0.3, -0.25) is 14.8 Å². The zero-order valence-corrected chi connectivity index (χ0v) is 17.8. The first-order valence-corrected chi connectivity index (χ1v) is 10.8. The second-order valence-corrected chi connectivity index (χ2v) is 9.46. The van der Waals surface area contributed by atoms with E-state index in [1.165, 1.54) is 0 Å². The first-order valence-electron chi connectivity index (χ1n) is 10.8. The van der Waals surface area contributed by atoms with Crippen LogP contribution in [-0.2, 0) is 9.53 Å². The number of likely N-dealkylation sites (N-methyl/N-ethyl adjacent to an activating group) is 1. The van der Waals surface area contributed by atoms with Gasteiger partial charge in [-0.1, -0.05) is 6.92 Å². The highest BCUT2D eigenvalue weighted by Gasteiger charge is 2.59. The lowest BCUT2D eigenvalue weighted by atomic mass is 9.72. The molecule has 4 rings (SSSR count). The third-order valence-electron chi connectivity index (χ3n) is 7.38. The van der Waals surface area contributed by atoms with Crippen LogP contribution in [0.2, 0.25) is 0 Å². The first-order chi connectivity index (χ1) is 13.4. The third-order valence-corrected chi connectivity index (χ3v) is 7.38. The van der Waals surface area contributed by atoms with Crippen LogP contribution in [0.3, 0.4) is 0 Å². The highest BCUT2D eigenvalue weighted by molar-refractivity contribution is 5.88. The van der Waals surface area contributed by atoms with Crippen LogP contribution in [0.4, 0.5) is 0 Å². The van der Waals surface area contributed by atoms with Crippen molar-refractivity contribution < 1.29 is 9.53 Å². The van der Waals surface area contributed by atoms with Gasteiger partial charge in [0.05, 0.1) is 36.7 Å². The minimum absolute atomic E-state index is 0.0362. The van der Waals surface area contributed by atoms with Crippen molar-refractivity contribution in [2.45, 2.75) is 70.3 Å². The maximum absolute atomic E-state index is 13.5. The summed E-state index contributed by atoms with van der Waals surface area (Å²) in [7, 11) is 1.77. The van der Waals surface area contributed by atoms with Crippen LogP contribution in [0.1, 0.15) is 40.5 Å². The molecule has 0 radical (unpaired) electrons. The van der Waals surface area contributed by atoms with E-state index in [0.717, 1.165) is 32.5 Å². The van der Waals surface area contributed by atoms with E-state index in [9.17, 15) is 4.79 Å². The van der Waals surface area contributed by atoms with Crippen LogP contribution >= 0.6 is 0 Å². The number of fused-ring (bicyclic) bond motifs is 1. The standard InChI is InChI=1S/C21H35N5O2/c1-6-25-12-15(10-23-25)26-20(27)18-13(2)7-17(24-19(18)21(26,3)4)14-8-16(28-5)11-22-9-14/h9-10,13-19,24H,6-8,11-12H2,1-5H3. The summed E-state index contributed by atoms with van der Waals surface area (Å²) in [5.74, 6) is 1.04. The number of rotatable bonds is 4. The molecule has 4 aliphatic heterocycles. The molecule has 7 heteroatoms. The quantitative estimate of drug-likeness (QED) is 0.789. The molecule has 28 heavy (non-hydrogen) atoms. The number of amides is 1. The molecule has 156 valence electrons. The Kier molecular flexibility index (Phi) is 5.25. The molecule has 4 aliphatic rings. The van der Waals surface area contributed by atoms with Gasteiger partial charge in [0.25, 0.3) is 0 Å². The first kappa shape index (κ1) is 19.8. The Bertz CT molecular complexity index is 663. The zero-order valence-electron chi connectivity index (χ0n) is 17.8. The topological polar surface area (TPSA) is 69.5 Å². The fraction of sp³-hybridized carbons (Fsp3) is 0.857. The van der Waals surface area contributed by atoms with Crippen molar-refractivity contribution in [2.24, 2.45) is 27.8 Å². The summed E-state index contributed by atoms with van der Waals surface area (Å²) in [6.07, 6.45) is 6.28. The molecule has 0 spiro atoms. The predicted octanol–water partition coefficient (Wildman–Crippen LogP) is 1.39. The van der Waals surface area contributed by atoms with Crippen molar-refractivity contribution in [1.82, 2.24) is 15.2 Å². The molecular formula is C21H35N5O2. The van der Waals surface area contributed by atoms with Gasteiger partial charge in [-0.05, 0) is 39.5 Å². The van der Waals surface area contributed by atoms with Crippen molar-refractivity contribution in [2.75, 3.05) is 26.7 Å². The van der Waals surface area contributed by atoms with Crippen molar-refractivity contribution in [3.8, 4) is 0 Å². The number of hydrazone groups is 1. The van der Waals surface area contributed by atoms with Crippen molar-refractivity contribution >= 4 is 18.3 Å². The van der Waals surface area contributed by atoms with Gasteiger partial charge in [0, 0.05) is 44.1 Å². The molecule has 1 N–H and O–H groups in total. The Morgan fingerprint density at radius 1 is 1.32 bits per heavy atom. The summed E-state index contributed by atoms with van der Waals surface area (Å²) in [6, 6.07) is 0.554. The molecule has 1 amide bonds. The summed E-state index contributed by atoms with van der Waals surface area (Å²) in [5.41, 5.74) is -0.248. The smallest absolute Gasteiger partial charge is 0.228 e. The minimum Gasteiger partial charge on any atom is -0.380 e. The Hall–Kier alpha value is -1.47. The van der Waals surface area contributed by atoms with Gasteiger partial charge < -0.3 is 15.0 Å². The summed E-state index contributed by atoms with van der Waals surface area (Å²) in [6.45, 7) is 11.2. The van der Waals surface area contributed by atoms with E-state index in [-0.39, 0.29) is 35.6 Å². The minimum atomic E-state index is -0.248. The van der Waals surface area contributed by atoms with Crippen LogP contribution in [0.5, 0.6) is 0 Å². The number of hydrogen-bond donors (Lipinski definition) is 1. The van der Waals surface area contributed by atoms with Gasteiger partial charge in [-0.25, -0.2) is 0 Å². The van der Waals surface area contributed by atoms with Crippen LogP contribution < -0.4 is 5.32 Å². The number of carbonyl (C=O) groups is 1. The average molecular weight is 390 g/mol. The maximum Gasteiger partial charge on any atom is 0.228 e. The molecule has 4 heterocycles. The highest BCUT2D eigenvalue weighted by Crippen LogP contribution is 2.44. The SMILES string of the molecule is CCN1CC(N2C(=O)C3C(C)CC(C4C=NCC(OC)C4)NC3C2(C)C)C=N1. The number of likely N-dealkylation sites (tertiary alicyclic amines) is 1. The number of methoxy groups -OCH3 is 1. The van der Waals surface area contributed by atoms with Gasteiger partial charge in [-0.15, -0.1) is 0 Å². The van der Waals surface area contributed by atoms with E-state index >= 15 is 0 Å². The van der Waals surface area contributed by atoms with E-state index in [1.54, 1.807) is 7.11 Å². The Labute approximate surface area is 168 Å². The molecule has 2 fully saturated rings. The fourth-order valence-corrected chi connectivity index (χ4v) is 5.82. The Morgan fingerprint density at radius 2 is 2.11 bits per heavy atom. The largest absolute Gasteiger partial charge is 0.380 e. The van der Waals surface area contributed by atoms with Gasteiger partial charge in [0.1, 0.15) is 0 Å². The van der Waals surface area contributed by atoms with Gasteiger partial charge in [-0.2, -0.15) is 5.10 Å². The number of aliphatic imine (C=N–C) groups is 1. The fourth-order valence-electron chi connectivity index (χ4n) is 5.82.